The standard InChI is InChI=1S/C19H27FN6O.HI/c1-2-18-25-24-14-26(18)9-8-21-19(22-11-15-7-10-27-13-15)23-12-16-5-3-4-6-17(16)20;/h3-6,14-15H,2,7-13H2,1H3,(H2,21,22,23);1H. The van der Waals surface area contributed by atoms with Gasteiger partial charge in [0.15, 0.2) is 5.96 Å². The third-order valence-corrected chi connectivity index (χ3v) is 4.60. The normalized spacial score (nSPS) is 16.6. The molecule has 9 heteroatoms. The third kappa shape index (κ3) is 6.69. The number of aliphatic imine (C=N–C) groups is 1. The molecule has 28 heavy (non-hydrogen) atoms. The summed E-state index contributed by atoms with van der Waals surface area (Å²) in [5, 5.41) is 14.7. The molecule has 154 valence electrons. The Kier molecular flexibility index (Phi) is 9.62. The monoisotopic (exact) mass is 502 g/mol. The van der Waals surface area contributed by atoms with Crippen LogP contribution in [0.25, 0.3) is 0 Å². The van der Waals surface area contributed by atoms with E-state index in [4.69, 9.17) is 4.74 Å². The number of aryl methyl sites for hydroxylation is 1. The number of aromatic nitrogens is 3. The molecule has 3 rings (SSSR count). The maximum atomic E-state index is 13.8. The molecule has 1 fully saturated rings. The highest BCUT2D eigenvalue weighted by atomic mass is 127. The van der Waals surface area contributed by atoms with Gasteiger partial charge in [0.1, 0.15) is 18.0 Å². The lowest BCUT2D eigenvalue weighted by atomic mass is 10.1. The molecule has 0 bridgehead atoms. The number of benzene rings is 1. The molecule has 1 unspecified atom stereocenters. The molecule has 1 atom stereocenters. The van der Waals surface area contributed by atoms with Crippen molar-refractivity contribution in [3.05, 3.63) is 47.8 Å². The molecule has 0 aliphatic carbocycles. The van der Waals surface area contributed by atoms with Crippen molar-refractivity contribution in [2.24, 2.45) is 10.9 Å². The van der Waals surface area contributed by atoms with Crippen molar-refractivity contribution in [3.8, 4) is 0 Å². The molecule has 0 spiro atoms. The van der Waals surface area contributed by atoms with Gasteiger partial charge in [0.05, 0.1) is 13.2 Å². The number of guanidine groups is 1. The van der Waals surface area contributed by atoms with Crippen LogP contribution >= 0.6 is 24.0 Å². The number of ether oxygens (including phenoxy) is 1. The first kappa shape index (κ1) is 22.5. The van der Waals surface area contributed by atoms with Gasteiger partial charge >= 0.3 is 0 Å². The number of rotatable bonds is 8. The van der Waals surface area contributed by atoms with Crippen molar-refractivity contribution in [2.45, 2.75) is 32.9 Å². The summed E-state index contributed by atoms with van der Waals surface area (Å²) in [5.74, 6) is 1.88. The Balaban J connectivity index is 0.00000280. The Morgan fingerprint density at radius 1 is 1.36 bits per heavy atom. The van der Waals surface area contributed by atoms with Gasteiger partial charge in [-0.15, -0.1) is 34.2 Å². The molecule has 1 saturated heterocycles. The van der Waals surface area contributed by atoms with E-state index < -0.39 is 0 Å². The van der Waals surface area contributed by atoms with Crippen molar-refractivity contribution in [2.75, 3.05) is 26.3 Å². The van der Waals surface area contributed by atoms with Gasteiger partial charge in [-0.1, -0.05) is 25.1 Å². The first-order valence-electron chi connectivity index (χ1n) is 9.46. The van der Waals surface area contributed by atoms with Gasteiger partial charge in [0, 0.05) is 44.1 Å². The van der Waals surface area contributed by atoms with Gasteiger partial charge in [-0.3, -0.25) is 0 Å². The predicted molar refractivity (Wildman–Crippen MR) is 117 cm³/mol. The largest absolute Gasteiger partial charge is 0.381 e. The van der Waals surface area contributed by atoms with Crippen LogP contribution in [0.3, 0.4) is 0 Å². The summed E-state index contributed by atoms with van der Waals surface area (Å²) in [6, 6.07) is 6.72. The zero-order valence-electron chi connectivity index (χ0n) is 16.1. The number of halogens is 2. The van der Waals surface area contributed by atoms with Crippen LogP contribution in [0.15, 0.2) is 35.6 Å². The van der Waals surface area contributed by atoms with E-state index in [1.165, 1.54) is 6.07 Å². The zero-order chi connectivity index (χ0) is 18.9. The lowest BCUT2D eigenvalue weighted by Gasteiger charge is -2.15. The van der Waals surface area contributed by atoms with E-state index in [1.807, 2.05) is 10.6 Å². The van der Waals surface area contributed by atoms with Crippen LogP contribution < -0.4 is 10.6 Å². The highest BCUT2D eigenvalue weighted by molar-refractivity contribution is 14.0. The molecule has 1 aromatic heterocycles. The van der Waals surface area contributed by atoms with E-state index in [0.717, 1.165) is 45.0 Å². The first-order valence-corrected chi connectivity index (χ1v) is 9.46. The van der Waals surface area contributed by atoms with E-state index in [1.54, 1.807) is 18.5 Å². The van der Waals surface area contributed by atoms with Crippen LogP contribution in [0.5, 0.6) is 0 Å². The van der Waals surface area contributed by atoms with Crippen LogP contribution in [0.1, 0.15) is 24.7 Å². The van der Waals surface area contributed by atoms with Crippen molar-refractivity contribution in [3.63, 3.8) is 0 Å². The minimum Gasteiger partial charge on any atom is -0.381 e. The number of nitrogens with zero attached hydrogens (tertiary/aromatic N) is 4. The van der Waals surface area contributed by atoms with Gasteiger partial charge < -0.3 is 19.9 Å². The van der Waals surface area contributed by atoms with E-state index in [2.05, 4.69) is 32.7 Å². The van der Waals surface area contributed by atoms with E-state index in [9.17, 15) is 4.39 Å². The minimum absolute atomic E-state index is 0. The summed E-state index contributed by atoms with van der Waals surface area (Å²) < 4.78 is 21.3. The Bertz CT molecular complexity index is 748. The fourth-order valence-electron chi connectivity index (χ4n) is 2.98. The zero-order valence-corrected chi connectivity index (χ0v) is 18.4. The van der Waals surface area contributed by atoms with Gasteiger partial charge in [0.2, 0.25) is 0 Å². The second-order valence-corrected chi connectivity index (χ2v) is 6.59. The van der Waals surface area contributed by atoms with Crippen LogP contribution in [-0.2, 0) is 24.2 Å². The SMILES string of the molecule is CCc1nncn1CCNC(=NCc1ccccc1F)NCC1CCOC1.I. The summed E-state index contributed by atoms with van der Waals surface area (Å²) >= 11 is 0. The van der Waals surface area contributed by atoms with Crippen molar-refractivity contribution < 1.29 is 9.13 Å². The Labute approximate surface area is 182 Å². The molecule has 0 saturated carbocycles. The third-order valence-electron chi connectivity index (χ3n) is 4.60. The number of hydrogen-bond donors (Lipinski definition) is 2. The minimum atomic E-state index is -0.234. The van der Waals surface area contributed by atoms with Crippen molar-refractivity contribution >= 4 is 29.9 Å². The molecular formula is C19H28FIN6O. The lowest BCUT2D eigenvalue weighted by Crippen LogP contribution is -2.41. The molecule has 0 amide bonds. The summed E-state index contributed by atoms with van der Waals surface area (Å²) in [5.41, 5.74) is 0.579. The lowest BCUT2D eigenvalue weighted by molar-refractivity contribution is 0.186. The highest BCUT2D eigenvalue weighted by Gasteiger charge is 2.15. The van der Waals surface area contributed by atoms with E-state index >= 15 is 0 Å². The second-order valence-electron chi connectivity index (χ2n) is 6.59. The Morgan fingerprint density at radius 2 is 2.21 bits per heavy atom. The van der Waals surface area contributed by atoms with Crippen molar-refractivity contribution in [1.29, 1.82) is 0 Å². The summed E-state index contributed by atoms with van der Waals surface area (Å²) in [7, 11) is 0. The van der Waals surface area contributed by atoms with Gasteiger partial charge in [0.25, 0.3) is 0 Å². The first-order chi connectivity index (χ1) is 13.3. The van der Waals surface area contributed by atoms with Crippen LogP contribution in [0, 0.1) is 11.7 Å². The van der Waals surface area contributed by atoms with E-state index in [0.29, 0.717) is 24.0 Å². The van der Waals surface area contributed by atoms with Crippen LogP contribution in [-0.4, -0.2) is 47.0 Å². The Morgan fingerprint density at radius 3 is 2.96 bits per heavy atom. The van der Waals surface area contributed by atoms with Gasteiger partial charge in [-0.25, -0.2) is 9.38 Å². The average Bonchev–Trinajstić information content (AvgIpc) is 3.36. The summed E-state index contributed by atoms with van der Waals surface area (Å²) in [6.07, 6.45) is 3.63. The fraction of sp³-hybridized carbons (Fsp3) is 0.526. The Hall–Kier alpha value is -1.75. The maximum absolute atomic E-state index is 13.8. The fourth-order valence-corrected chi connectivity index (χ4v) is 2.98. The van der Waals surface area contributed by atoms with Crippen molar-refractivity contribution in [1.82, 2.24) is 25.4 Å². The molecule has 2 aromatic rings. The van der Waals surface area contributed by atoms with E-state index in [-0.39, 0.29) is 36.3 Å². The maximum Gasteiger partial charge on any atom is 0.191 e. The van der Waals surface area contributed by atoms with Gasteiger partial charge in [-0.2, -0.15) is 0 Å². The summed E-state index contributed by atoms with van der Waals surface area (Å²) in [4.78, 5) is 4.55. The quantitative estimate of drug-likeness (QED) is 0.330. The predicted octanol–water partition coefficient (Wildman–Crippen LogP) is 2.37. The second kappa shape index (κ2) is 11.9. The molecule has 7 nitrogen and oxygen atoms in total. The topological polar surface area (TPSA) is 76.4 Å². The summed E-state index contributed by atoms with van der Waals surface area (Å²) in [6.45, 7) is 6.13. The van der Waals surface area contributed by atoms with Crippen LogP contribution in [0.4, 0.5) is 4.39 Å². The smallest absolute Gasteiger partial charge is 0.191 e. The molecular weight excluding hydrogens is 474 g/mol. The molecule has 2 heterocycles. The van der Waals surface area contributed by atoms with Crippen LogP contribution in [0.2, 0.25) is 0 Å². The molecule has 1 aromatic carbocycles. The number of hydrogen-bond acceptors (Lipinski definition) is 4. The molecule has 2 N–H and O–H groups in total. The molecule has 1 aliphatic rings. The molecule has 1 aliphatic heterocycles. The molecule has 0 radical (unpaired) electrons. The highest BCUT2D eigenvalue weighted by Crippen LogP contribution is 2.11. The van der Waals surface area contributed by atoms with Gasteiger partial charge in [-0.05, 0) is 12.5 Å². The number of nitrogens with one attached hydrogen (secondary N) is 2. The average molecular weight is 502 g/mol.